The second kappa shape index (κ2) is 5.60. The average Bonchev–Trinajstić information content (AvgIpc) is 2.34. The number of hydrogen-bond acceptors (Lipinski definition) is 2. The molecule has 0 N–H and O–H groups in total. The molecule has 2 nitrogen and oxygen atoms in total. The van der Waals surface area contributed by atoms with E-state index in [9.17, 15) is 8.78 Å². The third-order valence-electron chi connectivity index (χ3n) is 1.95. The Hall–Kier alpha value is -1.67. The van der Waals surface area contributed by atoms with Crippen LogP contribution in [0.3, 0.4) is 0 Å². The van der Waals surface area contributed by atoms with Gasteiger partial charge < -0.3 is 9.05 Å². The van der Waals surface area contributed by atoms with Gasteiger partial charge in [-0.3, -0.25) is 0 Å². The molecule has 0 aliphatic heterocycles. The van der Waals surface area contributed by atoms with Gasteiger partial charge >= 0.3 is 0 Å². The highest BCUT2D eigenvalue weighted by atomic mass is 31.1. The van der Waals surface area contributed by atoms with E-state index in [-0.39, 0.29) is 20.7 Å². The van der Waals surface area contributed by atoms with Crippen LogP contribution >= 0.6 is 9.03 Å². The minimum absolute atomic E-state index is 0.264. The first-order valence-corrected chi connectivity index (χ1v) is 5.65. The first-order valence-electron chi connectivity index (χ1n) is 4.84. The molecule has 0 unspecified atom stereocenters. The summed E-state index contributed by atoms with van der Waals surface area (Å²) in [5.74, 6) is 0.402. The van der Waals surface area contributed by atoms with E-state index in [2.05, 4.69) is 0 Å². The summed E-state index contributed by atoms with van der Waals surface area (Å²) < 4.78 is 35.7. The average molecular weight is 254 g/mol. The molecule has 0 saturated heterocycles. The monoisotopic (exact) mass is 254 g/mol. The Bertz CT molecular complexity index is 425. The van der Waals surface area contributed by atoms with Crippen LogP contribution in [0.5, 0.6) is 11.5 Å². The number of rotatable bonds is 4. The molecular weight excluding hydrogens is 245 g/mol. The third-order valence-corrected chi connectivity index (χ3v) is 2.58. The summed E-state index contributed by atoms with van der Waals surface area (Å²) in [6.45, 7) is 0. The SMILES string of the molecule is Fc1ccc(OPOc2ccc(F)cc2)cc1. The number of halogens is 2. The highest BCUT2D eigenvalue weighted by Gasteiger charge is 1.97. The van der Waals surface area contributed by atoms with Gasteiger partial charge in [-0.1, -0.05) is 0 Å². The molecule has 17 heavy (non-hydrogen) atoms. The van der Waals surface area contributed by atoms with Crippen LogP contribution in [0.1, 0.15) is 0 Å². The van der Waals surface area contributed by atoms with Crippen LogP contribution < -0.4 is 9.05 Å². The van der Waals surface area contributed by atoms with Gasteiger partial charge in [0.05, 0.1) is 0 Å². The van der Waals surface area contributed by atoms with Crippen LogP contribution in [-0.4, -0.2) is 0 Å². The second-order valence-corrected chi connectivity index (χ2v) is 3.77. The zero-order valence-electron chi connectivity index (χ0n) is 8.69. The maximum Gasteiger partial charge on any atom is 0.275 e. The standard InChI is InChI=1S/C12H9F2O2P/c13-9-1-5-11(6-2-9)15-17-16-12-7-3-10(14)4-8-12/h1-8,17H. The van der Waals surface area contributed by atoms with E-state index < -0.39 is 0 Å². The fourth-order valence-corrected chi connectivity index (χ4v) is 1.63. The van der Waals surface area contributed by atoms with Crippen LogP contribution in [0, 0.1) is 11.6 Å². The van der Waals surface area contributed by atoms with E-state index in [1.54, 1.807) is 0 Å². The normalized spacial score (nSPS) is 10.0. The van der Waals surface area contributed by atoms with Crippen molar-refractivity contribution in [3.63, 3.8) is 0 Å². The minimum atomic E-state index is -0.319. The van der Waals surface area contributed by atoms with Crippen molar-refractivity contribution < 1.29 is 17.8 Å². The lowest BCUT2D eigenvalue weighted by Crippen LogP contribution is -1.85. The Morgan fingerprint density at radius 1 is 0.647 bits per heavy atom. The summed E-state index contributed by atoms with van der Waals surface area (Å²) >= 11 is 0. The molecular formula is C12H9F2O2P. The van der Waals surface area contributed by atoms with Gasteiger partial charge in [0.25, 0.3) is 9.03 Å². The molecule has 0 aromatic heterocycles. The first kappa shape index (κ1) is 11.8. The van der Waals surface area contributed by atoms with Gasteiger partial charge in [-0.25, -0.2) is 8.78 Å². The summed E-state index contributed by atoms with van der Waals surface area (Å²) in [7, 11) is -0.264. The molecule has 5 heteroatoms. The smallest absolute Gasteiger partial charge is 0.275 e. The Kier molecular flexibility index (Phi) is 3.89. The summed E-state index contributed by atoms with van der Waals surface area (Å²) in [6.07, 6.45) is 0. The van der Waals surface area contributed by atoms with E-state index >= 15 is 0 Å². The molecule has 0 atom stereocenters. The van der Waals surface area contributed by atoms with Crippen molar-refractivity contribution in [3.05, 3.63) is 60.2 Å². The maximum absolute atomic E-state index is 12.6. The van der Waals surface area contributed by atoms with Crippen LogP contribution in [0.4, 0.5) is 8.78 Å². The summed E-state index contributed by atoms with van der Waals surface area (Å²) in [4.78, 5) is 0. The van der Waals surface area contributed by atoms with Crippen molar-refractivity contribution in [1.29, 1.82) is 0 Å². The zero-order valence-corrected chi connectivity index (χ0v) is 9.69. The first-order chi connectivity index (χ1) is 8.24. The number of hydrogen-bond donors (Lipinski definition) is 0. The molecule has 0 spiro atoms. The van der Waals surface area contributed by atoms with Gasteiger partial charge in [0, 0.05) is 0 Å². The van der Waals surface area contributed by atoms with E-state index in [0.29, 0.717) is 11.5 Å². The van der Waals surface area contributed by atoms with Crippen molar-refractivity contribution in [1.82, 2.24) is 0 Å². The molecule has 2 rings (SSSR count). The van der Waals surface area contributed by atoms with E-state index in [1.165, 1.54) is 48.5 Å². The largest absolute Gasteiger partial charge is 0.441 e. The molecule has 0 aliphatic carbocycles. The molecule has 0 aliphatic rings. The minimum Gasteiger partial charge on any atom is -0.441 e. The van der Waals surface area contributed by atoms with Crippen LogP contribution in [0.15, 0.2) is 48.5 Å². The predicted molar refractivity (Wildman–Crippen MR) is 62.4 cm³/mol. The molecule has 0 heterocycles. The zero-order chi connectivity index (χ0) is 12.1. The molecule has 0 fully saturated rings. The van der Waals surface area contributed by atoms with Crippen molar-refractivity contribution in [2.75, 3.05) is 0 Å². The lowest BCUT2D eigenvalue weighted by Gasteiger charge is -2.06. The van der Waals surface area contributed by atoms with Crippen LogP contribution in [0.25, 0.3) is 0 Å². The Morgan fingerprint density at radius 3 is 1.35 bits per heavy atom. The van der Waals surface area contributed by atoms with Crippen molar-refractivity contribution in [2.45, 2.75) is 0 Å². The van der Waals surface area contributed by atoms with E-state index in [4.69, 9.17) is 9.05 Å². The predicted octanol–water partition coefficient (Wildman–Crippen LogP) is 3.93. The molecule has 0 bridgehead atoms. The highest BCUT2D eigenvalue weighted by molar-refractivity contribution is 7.27. The lowest BCUT2D eigenvalue weighted by molar-refractivity contribution is 0.512. The molecule has 0 amide bonds. The molecule has 2 aromatic rings. The molecule has 0 radical (unpaired) electrons. The number of benzene rings is 2. The van der Waals surface area contributed by atoms with E-state index in [1.807, 2.05) is 0 Å². The molecule has 88 valence electrons. The van der Waals surface area contributed by atoms with Gasteiger partial charge in [-0.05, 0) is 48.5 Å². The van der Waals surface area contributed by atoms with Crippen LogP contribution in [-0.2, 0) is 0 Å². The Balaban J connectivity index is 1.83. The van der Waals surface area contributed by atoms with Crippen LogP contribution in [0.2, 0.25) is 0 Å². The van der Waals surface area contributed by atoms with E-state index in [0.717, 1.165) is 0 Å². The van der Waals surface area contributed by atoms with Gasteiger partial charge in [-0.15, -0.1) is 0 Å². The Labute approximate surface area is 99.1 Å². The maximum atomic E-state index is 12.6. The fraction of sp³-hybridized carbons (Fsp3) is 0. The van der Waals surface area contributed by atoms with Gasteiger partial charge in [0.1, 0.15) is 23.1 Å². The van der Waals surface area contributed by atoms with Gasteiger partial charge in [0.2, 0.25) is 0 Å². The van der Waals surface area contributed by atoms with Gasteiger partial charge in [0.15, 0.2) is 0 Å². The molecule has 2 aromatic carbocycles. The second-order valence-electron chi connectivity index (χ2n) is 3.20. The summed E-state index contributed by atoms with van der Waals surface area (Å²) in [6, 6.07) is 11.3. The lowest BCUT2D eigenvalue weighted by atomic mass is 10.3. The van der Waals surface area contributed by atoms with Crippen molar-refractivity contribution >= 4 is 9.03 Å². The highest BCUT2D eigenvalue weighted by Crippen LogP contribution is 2.24. The Morgan fingerprint density at radius 2 is 1.00 bits per heavy atom. The third kappa shape index (κ3) is 3.68. The van der Waals surface area contributed by atoms with Crippen molar-refractivity contribution in [3.8, 4) is 11.5 Å². The quantitative estimate of drug-likeness (QED) is 0.769. The fourth-order valence-electron chi connectivity index (χ4n) is 1.12. The topological polar surface area (TPSA) is 18.5 Å². The molecule has 0 saturated carbocycles. The van der Waals surface area contributed by atoms with Gasteiger partial charge in [-0.2, -0.15) is 0 Å². The van der Waals surface area contributed by atoms with Crippen molar-refractivity contribution in [2.24, 2.45) is 0 Å². The summed E-state index contributed by atoms with van der Waals surface area (Å²) in [5.41, 5.74) is 0. The summed E-state index contributed by atoms with van der Waals surface area (Å²) in [5, 5.41) is 0.